The Morgan fingerprint density at radius 3 is 2.11 bits per heavy atom. The minimum atomic E-state index is -1.43. The summed E-state index contributed by atoms with van der Waals surface area (Å²) >= 11 is 0. The fourth-order valence-electron chi connectivity index (χ4n) is 9.38. The molecular weight excluding hydrogens is 484 g/mol. The molecule has 5 rings (SSSR count). The number of carboxylic acids is 1. The topological polar surface area (TPSA) is 146 Å². The van der Waals surface area contributed by atoms with E-state index in [1.165, 1.54) is 13.8 Å². The van der Waals surface area contributed by atoms with Crippen molar-refractivity contribution in [3.05, 3.63) is 0 Å². The van der Waals surface area contributed by atoms with Gasteiger partial charge in [-0.3, -0.25) is 14.4 Å². The van der Waals surface area contributed by atoms with Crippen LogP contribution in [0.1, 0.15) is 74.1 Å². The molecule has 3 aliphatic carbocycles. The Morgan fingerprint density at radius 1 is 0.946 bits per heavy atom. The van der Waals surface area contributed by atoms with Crippen molar-refractivity contribution < 1.29 is 48.0 Å². The van der Waals surface area contributed by atoms with Crippen molar-refractivity contribution in [2.45, 2.75) is 104 Å². The largest absolute Gasteiger partial charge is 0.478 e. The number of cyclic esters (lactones) is 1. The molecule has 2 heterocycles. The first-order chi connectivity index (χ1) is 17.0. The maximum absolute atomic E-state index is 14.3. The second kappa shape index (κ2) is 7.55. The molecule has 0 aromatic rings. The summed E-state index contributed by atoms with van der Waals surface area (Å²) in [6.07, 6.45) is -2.52. The number of fused-ring (bicyclic) bond motifs is 3. The summed E-state index contributed by atoms with van der Waals surface area (Å²) in [7, 11) is 0. The van der Waals surface area contributed by atoms with Gasteiger partial charge in [0.2, 0.25) is 6.10 Å². The van der Waals surface area contributed by atoms with Gasteiger partial charge in [-0.05, 0) is 31.6 Å². The lowest BCUT2D eigenvalue weighted by Gasteiger charge is -2.69. The first-order valence-electron chi connectivity index (χ1n) is 13.0. The predicted molar refractivity (Wildman–Crippen MR) is 125 cm³/mol. The average Bonchev–Trinajstić information content (AvgIpc) is 3.54. The summed E-state index contributed by atoms with van der Waals surface area (Å²) in [5.41, 5.74) is -5.01. The molecule has 1 N–H and O–H groups in total. The first-order valence-corrected chi connectivity index (χ1v) is 13.0. The summed E-state index contributed by atoms with van der Waals surface area (Å²) < 4.78 is 23.1. The van der Waals surface area contributed by atoms with Gasteiger partial charge in [0, 0.05) is 42.9 Å². The lowest BCUT2D eigenvalue weighted by atomic mass is 9.34. The van der Waals surface area contributed by atoms with E-state index >= 15 is 0 Å². The summed E-state index contributed by atoms with van der Waals surface area (Å²) in [5, 5.41) is 9.97. The molecule has 0 unspecified atom stereocenters. The first kappa shape index (κ1) is 26.1. The van der Waals surface area contributed by atoms with Gasteiger partial charge in [0.1, 0.15) is 23.6 Å². The standard InChI is InChI=1S/C27H36O10/c1-12(28)34-17-11-18(35-13(2)29)25(6)14-8-9-24(5)19(21(31)32)36-22(33)20-27(24,37-20)26(14,7)16(30)10-15(25)23(17,3)4/h14-15,17-20H,8-11H2,1-7H3,(H,31,32)/t14-,15-,17-,18+,19+,20-,24+,25-,26+,27-/m1/s1. The molecule has 10 atom stereocenters. The van der Waals surface area contributed by atoms with Crippen LogP contribution < -0.4 is 0 Å². The number of Topliss-reactive ketones (excluding diaryl/α,β-unsaturated/α-hetero) is 1. The Balaban J connectivity index is 1.67. The van der Waals surface area contributed by atoms with Crippen LogP contribution in [0.25, 0.3) is 0 Å². The second-order valence-corrected chi connectivity index (χ2v) is 12.9. The molecular formula is C27H36O10. The molecule has 0 radical (unpaired) electrons. The zero-order valence-corrected chi connectivity index (χ0v) is 22.4. The monoisotopic (exact) mass is 520 g/mol. The third-order valence-corrected chi connectivity index (χ3v) is 11.1. The second-order valence-electron chi connectivity index (χ2n) is 12.9. The number of carboxylic acid groups (broad SMARTS) is 1. The summed E-state index contributed by atoms with van der Waals surface area (Å²) in [4.78, 5) is 63.6. The number of esters is 3. The molecule has 2 saturated heterocycles. The van der Waals surface area contributed by atoms with E-state index in [2.05, 4.69) is 0 Å². The van der Waals surface area contributed by atoms with Crippen LogP contribution in [0.2, 0.25) is 0 Å². The van der Waals surface area contributed by atoms with Gasteiger partial charge in [-0.1, -0.05) is 27.7 Å². The maximum Gasteiger partial charge on any atom is 0.345 e. The van der Waals surface area contributed by atoms with Crippen LogP contribution in [0, 0.1) is 33.5 Å². The van der Waals surface area contributed by atoms with Crippen molar-refractivity contribution in [2.24, 2.45) is 33.5 Å². The molecule has 0 aromatic carbocycles. The molecule has 5 fully saturated rings. The Kier molecular flexibility index (Phi) is 5.33. The van der Waals surface area contributed by atoms with Crippen molar-refractivity contribution in [1.82, 2.24) is 0 Å². The fourth-order valence-corrected chi connectivity index (χ4v) is 9.38. The number of carbonyl (C=O) groups excluding carboxylic acids is 4. The quantitative estimate of drug-likeness (QED) is 0.334. The van der Waals surface area contributed by atoms with Gasteiger partial charge in [0.15, 0.2) is 6.10 Å². The van der Waals surface area contributed by atoms with Crippen molar-refractivity contribution in [3.63, 3.8) is 0 Å². The molecule has 10 nitrogen and oxygen atoms in total. The number of hydrogen-bond acceptors (Lipinski definition) is 9. The number of rotatable bonds is 3. The number of hydrogen-bond donors (Lipinski definition) is 1. The van der Waals surface area contributed by atoms with E-state index in [1.54, 1.807) is 13.8 Å². The van der Waals surface area contributed by atoms with Crippen molar-refractivity contribution >= 4 is 29.7 Å². The lowest BCUT2D eigenvalue weighted by Crippen LogP contribution is -2.75. The van der Waals surface area contributed by atoms with Gasteiger partial charge in [-0.15, -0.1) is 0 Å². The highest BCUT2D eigenvalue weighted by atomic mass is 16.7. The third kappa shape index (κ3) is 2.93. The smallest absolute Gasteiger partial charge is 0.345 e. The zero-order chi connectivity index (χ0) is 27.5. The van der Waals surface area contributed by atoms with Crippen LogP contribution in [0.4, 0.5) is 0 Å². The number of epoxide rings is 1. The predicted octanol–water partition coefficient (Wildman–Crippen LogP) is 2.45. The zero-order valence-electron chi connectivity index (χ0n) is 22.4. The number of ether oxygens (including phenoxy) is 4. The highest BCUT2D eigenvalue weighted by Crippen LogP contribution is 2.78. The van der Waals surface area contributed by atoms with Crippen LogP contribution in [0.15, 0.2) is 0 Å². The highest BCUT2D eigenvalue weighted by Gasteiger charge is 2.89. The molecule has 204 valence electrons. The van der Waals surface area contributed by atoms with E-state index in [1.807, 2.05) is 20.8 Å². The van der Waals surface area contributed by atoms with Crippen molar-refractivity contribution in [1.29, 1.82) is 0 Å². The average molecular weight is 521 g/mol. The number of ketones is 1. The van der Waals surface area contributed by atoms with Crippen molar-refractivity contribution in [2.75, 3.05) is 0 Å². The minimum Gasteiger partial charge on any atom is -0.478 e. The van der Waals surface area contributed by atoms with Crippen LogP contribution in [0.3, 0.4) is 0 Å². The minimum absolute atomic E-state index is 0.0900. The van der Waals surface area contributed by atoms with E-state index in [0.717, 1.165) is 0 Å². The van der Waals surface area contributed by atoms with E-state index in [0.29, 0.717) is 12.8 Å². The molecule has 10 heteroatoms. The van der Waals surface area contributed by atoms with Crippen LogP contribution in [-0.2, 0) is 42.9 Å². The highest BCUT2D eigenvalue weighted by molar-refractivity contribution is 5.95. The molecule has 5 aliphatic rings. The van der Waals surface area contributed by atoms with E-state index < -0.39 is 75.6 Å². The Bertz CT molecular complexity index is 1110. The Morgan fingerprint density at radius 2 is 1.54 bits per heavy atom. The van der Waals surface area contributed by atoms with Gasteiger partial charge in [-0.25, -0.2) is 9.59 Å². The van der Waals surface area contributed by atoms with E-state index in [9.17, 15) is 29.1 Å². The van der Waals surface area contributed by atoms with E-state index in [4.69, 9.17) is 18.9 Å². The third-order valence-electron chi connectivity index (χ3n) is 11.1. The number of aliphatic carboxylic acids is 1. The summed E-state index contributed by atoms with van der Waals surface area (Å²) in [5.74, 6) is -3.76. The van der Waals surface area contributed by atoms with Crippen LogP contribution in [0.5, 0.6) is 0 Å². The van der Waals surface area contributed by atoms with Crippen LogP contribution in [-0.4, -0.2) is 64.8 Å². The Hall–Kier alpha value is -2.49. The summed E-state index contributed by atoms with van der Waals surface area (Å²) in [6.45, 7) is 12.2. The Labute approximate surface area is 215 Å². The number of carbonyl (C=O) groups is 5. The molecule has 3 saturated carbocycles. The van der Waals surface area contributed by atoms with E-state index in [-0.39, 0.29) is 30.5 Å². The maximum atomic E-state index is 14.3. The molecule has 0 amide bonds. The molecule has 37 heavy (non-hydrogen) atoms. The molecule has 0 bridgehead atoms. The molecule has 0 aromatic heterocycles. The summed E-state index contributed by atoms with van der Waals surface area (Å²) in [6, 6.07) is 0. The SMILES string of the molecule is CC(=O)O[C@H]1C[C@@H](OC(C)=O)C(C)(C)[C@H]2CC(=O)[C@]3(C)[C@H](CC[C@@]4(C)[C@H](C(=O)O)OC(=O)[C@H]5O[C@]543)[C@@]12C. The van der Waals surface area contributed by atoms with Crippen molar-refractivity contribution in [3.8, 4) is 0 Å². The van der Waals surface area contributed by atoms with Gasteiger partial charge < -0.3 is 24.1 Å². The fraction of sp³-hybridized carbons (Fsp3) is 0.815. The normalized spacial score (nSPS) is 49.3. The molecule has 2 aliphatic heterocycles. The van der Waals surface area contributed by atoms with Gasteiger partial charge >= 0.3 is 23.9 Å². The van der Waals surface area contributed by atoms with Crippen LogP contribution >= 0.6 is 0 Å². The molecule has 1 spiro atoms. The van der Waals surface area contributed by atoms with Gasteiger partial charge in [0.25, 0.3) is 0 Å². The lowest BCUT2D eigenvalue weighted by molar-refractivity contribution is -0.259. The van der Waals surface area contributed by atoms with Gasteiger partial charge in [0.05, 0.1) is 5.41 Å². The van der Waals surface area contributed by atoms with Gasteiger partial charge in [-0.2, -0.15) is 0 Å².